The maximum Gasteiger partial charge on any atom is 0.339 e. The summed E-state index contributed by atoms with van der Waals surface area (Å²) in [6.45, 7) is 1.45. The van der Waals surface area contributed by atoms with Crippen molar-refractivity contribution in [1.82, 2.24) is 5.32 Å². The summed E-state index contributed by atoms with van der Waals surface area (Å²) < 4.78 is 22.0. The summed E-state index contributed by atoms with van der Waals surface area (Å²) in [5, 5.41) is 12.7. The molecule has 8 nitrogen and oxygen atoms in total. The van der Waals surface area contributed by atoms with Crippen LogP contribution in [0.25, 0.3) is 11.1 Å². The standard InChI is InChI=1S/C22H25NO7/c1-11(24)23-16-7-6-12-8-18(28-3)20(29-4)21(30-5)19(12)14-9-15(22(25)26)17(27-2)10-13(14)16/h8-10,16H,6-7H2,1-5H3,(H,23,24)(H,25,26)/t16-/m0/s1. The van der Waals surface area contributed by atoms with E-state index >= 15 is 0 Å². The van der Waals surface area contributed by atoms with E-state index in [0.29, 0.717) is 41.2 Å². The van der Waals surface area contributed by atoms with Crippen LogP contribution in [0.15, 0.2) is 18.2 Å². The van der Waals surface area contributed by atoms with Crippen LogP contribution in [-0.4, -0.2) is 45.4 Å². The van der Waals surface area contributed by atoms with Crippen LogP contribution in [0.3, 0.4) is 0 Å². The molecule has 1 aliphatic carbocycles. The minimum atomic E-state index is -1.11. The third-order valence-electron chi connectivity index (χ3n) is 5.24. The van der Waals surface area contributed by atoms with Gasteiger partial charge in [-0.25, -0.2) is 4.79 Å². The van der Waals surface area contributed by atoms with Crippen molar-refractivity contribution in [1.29, 1.82) is 0 Å². The highest BCUT2D eigenvalue weighted by Gasteiger charge is 2.31. The lowest BCUT2D eigenvalue weighted by Crippen LogP contribution is -2.26. The van der Waals surface area contributed by atoms with E-state index in [1.54, 1.807) is 19.2 Å². The molecule has 0 fully saturated rings. The molecule has 0 saturated carbocycles. The highest BCUT2D eigenvalue weighted by molar-refractivity contribution is 5.95. The van der Waals surface area contributed by atoms with Crippen LogP contribution in [0.5, 0.6) is 23.0 Å². The van der Waals surface area contributed by atoms with Crippen LogP contribution >= 0.6 is 0 Å². The Labute approximate surface area is 174 Å². The predicted molar refractivity (Wildman–Crippen MR) is 110 cm³/mol. The van der Waals surface area contributed by atoms with Gasteiger partial charge in [0.25, 0.3) is 0 Å². The van der Waals surface area contributed by atoms with Gasteiger partial charge in [0.1, 0.15) is 11.3 Å². The Morgan fingerprint density at radius 3 is 2.17 bits per heavy atom. The number of benzene rings is 2. The molecular formula is C22H25NO7. The number of fused-ring (bicyclic) bond motifs is 3. The SMILES string of the molecule is COc1cc2c(cc1C(=O)O)-c1c(cc(OC)c(OC)c1OC)CC[C@@H]2NC(C)=O. The molecule has 3 rings (SSSR count). The fraction of sp³-hybridized carbons (Fsp3) is 0.364. The summed E-state index contributed by atoms with van der Waals surface area (Å²) in [7, 11) is 6.00. The molecule has 0 radical (unpaired) electrons. The monoisotopic (exact) mass is 415 g/mol. The number of methoxy groups -OCH3 is 4. The van der Waals surface area contributed by atoms with Crippen LogP contribution in [0, 0.1) is 0 Å². The minimum Gasteiger partial charge on any atom is -0.496 e. The molecule has 160 valence electrons. The van der Waals surface area contributed by atoms with Crippen molar-refractivity contribution < 1.29 is 33.6 Å². The molecule has 0 saturated heterocycles. The topological polar surface area (TPSA) is 103 Å². The normalized spacial score (nSPS) is 14.6. The summed E-state index contributed by atoms with van der Waals surface area (Å²) in [5.74, 6) is 0.295. The third-order valence-corrected chi connectivity index (χ3v) is 5.24. The quantitative estimate of drug-likeness (QED) is 0.747. The first-order chi connectivity index (χ1) is 14.4. The Morgan fingerprint density at radius 1 is 0.967 bits per heavy atom. The highest BCUT2D eigenvalue weighted by atomic mass is 16.5. The van der Waals surface area contributed by atoms with Crippen molar-refractivity contribution >= 4 is 11.9 Å². The maximum absolute atomic E-state index is 11.9. The van der Waals surface area contributed by atoms with Gasteiger partial charge >= 0.3 is 5.97 Å². The second-order valence-electron chi connectivity index (χ2n) is 6.92. The molecular weight excluding hydrogens is 390 g/mol. The number of ether oxygens (including phenoxy) is 4. The van der Waals surface area contributed by atoms with Gasteiger partial charge in [0.2, 0.25) is 11.7 Å². The zero-order chi connectivity index (χ0) is 22.0. The second-order valence-corrected chi connectivity index (χ2v) is 6.92. The van der Waals surface area contributed by atoms with Gasteiger partial charge < -0.3 is 29.4 Å². The Balaban J connectivity index is 2.41. The molecule has 0 heterocycles. The number of amides is 1. The number of carbonyl (C=O) groups excluding carboxylic acids is 1. The van der Waals surface area contributed by atoms with Crippen molar-refractivity contribution in [3.8, 4) is 34.1 Å². The van der Waals surface area contributed by atoms with Crippen molar-refractivity contribution in [2.24, 2.45) is 0 Å². The predicted octanol–water partition coefficient (Wildman–Crippen LogP) is 3.21. The highest BCUT2D eigenvalue weighted by Crippen LogP contribution is 2.51. The first kappa shape index (κ1) is 21.3. The molecule has 0 spiro atoms. The van der Waals surface area contributed by atoms with E-state index in [2.05, 4.69) is 5.32 Å². The lowest BCUT2D eigenvalue weighted by atomic mass is 9.91. The van der Waals surface area contributed by atoms with Crippen molar-refractivity contribution in [3.63, 3.8) is 0 Å². The lowest BCUT2D eigenvalue weighted by molar-refractivity contribution is -0.119. The van der Waals surface area contributed by atoms with Gasteiger partial charge in [-0.05, 0) is 47.7 Å². The molecule has 0 unspecified atom stereocenters. The van der Waals surface area contributed by atoms with Gasteiger partial charge in [0, 0.05) is 12.5 Å². The van der Waals surface area contributed by atoms with Gasteiger partial charge in [0.15, 0.2) is 11.5 Å². The molecule has 8 heteroatoms. The first-order valence-corrected chi connectivity index (χ1v) is 9.40. The molecule has 2 aromatic carbocycles. The van der Waals surface area contributed by atoms with Crippen LogP contribution in [0.4, 0.5) is 0 Å². The number of carboxylic acid groups (broad SMARTS) is 1. The minimum absolute atomic E-state index is 0.0162. The van der Waals surface area contributed by atoms with Crippen molar-refractivity contribution in [3.05, 3.63) is 34.9 Å². The Morgan fingerprint density at radius 2 is 1.63 bits per heavy atom. The van der Waals surface area contributed by atoms with E-state index in [4.69, 9.17) is 18.9 Å². The smallest absolute Gasteiger partial charge is 0.339 e. The largest absolute Gasteiger partial charge is 0.496 e. The van der Waals surface area contributed by atoms with E-state index in [-0.39, 0.29) is 23.3 Å². The summed E-state index contributed by atoms with van der Waals surface area (Å²) in [6.07, 6.45) is 1.21. The van der Waals surface area contributed by atoms with Crippen LogP contribution < -0.4 is 24.3 Å². The zero-order valence-electron chi connectivity index (χ0n) is 17.6. The number of hydrogen-bond donors (Lipinski definition) is 2. The maximum atomic E-state index is 11.9. The number of hydrogen-bond acceptors (Lipinski definition) is 6. The number of aryl methyl sites for hydroxylation is 1. The Hall–Kier alpha value is -3.42. The second kappa shape index (κ2) is 8.52. The number of aromatic carboxylic acids is 1. The fourth-order valence-electron chi connectivity index (χ4n) is 3.99. The molecule has 2 N–H and O–H groups in total. The van der Waals surface area contributed by atoms with Crippen molar-refractivity contribution in [2.45, 2.75) is 25.8 Å². The summed E-state index contributed by atoms with van der Waals surface area (Å²) in [6, 6.07) is 4.76. The number of rotatable bonds is 6. The summed E-state index contributed by atoms with van der Waals surface area (Å²) >= 11 is 0. The Bertz CT molecular complexity index is 1000. The van der Waals surface area contributed by atoms with Gasteiger partial charge in [-0.2, -0.15) is 0 Å². The van der Waals surface area contributed by atoms with Crippen LogP contribution in [-0.2, 0) is 11.2 Å². The van der Waals surface area contributed by atoms with Crippen molar-refractivity contribution in [2.75, 3.05) is 28.4 Å². The van der Waals surface area contributed by atoms with E-state index < -0.39 is 5.97 Å². The summed E-state index contributed by atoms with van der Waals surface area (Å²) in [4.78, 5) is 23.7. The summed E-state index contributed by atoms with van der Waals surface area (Å²) in [5.41, 5.74) is 3.01. The number of carbonyl (C=O) groups is 2. The third kappa shape index (κ3) is 3.60. The van der Waals surface area contributed by atoms with E-state index in [1.165, 1.54) is 28.3 Å². The zero-order valence-corrected chi connectivity index (χ0v) is 17.6. The molecule has 0 aliphatic heterocycles. The van der Waals surface area contributed by atoms with Crippen LogP contribution in [0.1, 0.15) is 40.9 Å². The molecule has 1 aliphatic rings. The van der Waals surface area contributed by atoms with E-state index in [9.17, 15) is 14.7 Å². The first-order valence-electron chi connectivity index (χ1n) is 9.40. The van der Waals surface area contributed by atoms with Gasteiger partial charge in [-0.1, -0.05) is 0 Å². The van der Waals surface area contributed by atoms with Gasteiger partial charge in [-0.3, -0.25) is 4.79 Å². The molecule has 1 amide bonds. The average molecular weight is 415 g/mol. The van der Waals surface area contributed by atoms with Crippen LogP contribution in [0.2, 0.25) is 0 Å². The number of carboxylic acids is 1. The molecule has 30 heavy (non-hydrogen) atoms. The molecule has 0 bridgehead atoms. The van der Waals surface area contributed by atoms with Gasteiger partial charge in [0.05, 0.1) is 34.5 Å². The molecule has 1 atom stereocenters. The molecule has 0 aromatic heterocycles. The number of nitrogens with one attached hydrogen (secondary N) is 1. The van der Waals surface area contributed by atoms with Gasteiger partial charge in [-0.15, -0.1) is 0 Å². The average Bonchev–Trinajstić information content (AvgIpc) is 2.87. The van der Waals surface area contributed by atoms with E-state index in [0.717, 1.165) is 11.1 Å². The lowest BCUT2D eigenvalue weighted by Gasteiger charge is -2.22. The fourth-order valence-corrected chi connectivity index (χ4v) is 3.99. The Kier molecular flexibility index (Phi) is 6.05. The van der Waals surface area contributed by atoms with E-state index in [1.807, 2.05) is 6.07 Å². The molecule has 2 aromatic rings.